The molecule has 0 radical (unpaired) electrons. The molecular weight excluding hydrogens is 536 g/mol. The largest absolute Gasteiger partial charge is 0.488 e. The molecule has 0 saturated heterocycles. The lowest BCUT2D eigenvalue weighted by molar-refractivity contribution is -0.134. The van der Waals surface area contributed by atoms with Crippen molar-refractivity contribution in [3.8, 4) is 17.2 Å². The topological polar surface area (TPSA) is 113 Å². The van der Waals surface area contributed by atoms with E-state index in [0.717, 1.165) is 6.54 Å². The van der Waals surface area contributed by atoms with Crippen molar-refractivity contribution in [3.63, 3.8) is 0 Å². The number of ether oxygens (including phenoxy) is 3. The maximum Gasteiger partial charge on any atom is 0.323 e. The summed E-state index contributed by atoms with van der Waals surface area (Å²) in [5.74, 6) is 1.70. The van der Waals surface area contributed by atoms with Crippen LogP contribution in [-0.4, -0.2) is 72.5 Å². The van der Waals surface area contributed by atoms with E-state index in [2.05, 4.69) is 41.6 Å². The normalized spacial score (nSPS) is 18.8. The highest BCUT2D eigenvalue weighted by atomic mass is 16.7. The quantitative estimate of drug-likeness (QED) is 0.367. The molecule has 10 nitrogen and oxygen atoms in total. The number of urea groups is 1. The van der Waals surface area contributed by atoms with E-state index in [1.54, 1.807) is 41.3 Å². The minimum absolute atomic E-state index is 0.00240. The van der Waals surface area contributed by atoms with Gasteiger partial charge in [-0.1, -0.05) is 37.3 Å². The van der Waals surface area contributed by atoms with Crippen LogP contribution in [0.2, 0.25) is 0 Å². The predicted octanol–water partition coefficient (Wildman–Crippen LogP) is 4.34. The second kappa shape index (κ2) is 13.1. The molecule has 3 aromatic carbocycles. The minimum Gasteiger partial charge on any atom is -0.488 e. The van der Waals surface area contributed by atoms with Gasteiger partial charge in [0.05, 0.1) is 19.1 Å². The predicted molar refractivity (Wildman–Crippen MR) is 160 cm³/mol. The van der Waals surface area contributed by atoms with Gasteiger partial charge in [0, 0.05) is 48.6 Å². The van der Waals surface area contributed by atoms with Crippen LogP contribution in [0.15, 0.2) is 66.7 Å². The van der Waals surface area contributed by atoms with Gasteiger partial charge in [-0.15, -0.1) is 0 Å². The second-order valence-corrected chi connectivity index (χ2v) is 11.0. The Morgan fingerprint density at radius 2 is 1.71 bits per heavy atom. The van der Waals surface area contributed by atoms with Gasteiger partial charge >= 0.3 is 6.03 Å². The first-order chi connectivity index (χ1) is 20.3. The molecule has 0 unspecified atom stereocenters. The summed E-state index contributed by atoms with van der Waals surface area (Å²) >= 11 is 0. The molecule has 0 spiro atoms. The van der Waals surface area contributed by atoms with Gasteiger partial charge < -0.3 is 34.9 Å². The number of rotatable bonds is 8. The fourth-order valence-corrected chi connectivity index (χ4v) is 5.26. The molecule has 3 aromatic rings. The number of aliphatic hydroxyl groups excluding tert-OH is 1. The zero-order chi connectivity index (χ0) is 29.6. The van der Waals surface area contributed by atoms with E-state index < -0.39 is 6.03 Å². The van der Waals surface area contributed by atoms with Crippen LogP contribution in [0.3, 0.4) is 0 Å². The highest BCUT2D eigenvalue weighted by Crippen LogP contribution is 2.34. The minimum atomic E-state index is -0.436. The number of carbonyl (C=O) groups excluding carboxylic acids is 2. The zero-order valence-electron chi connectivity index (χ0n) is 24.2. The number of carbonyl (C=O) groups is 2. The van der Waals surface area contributed by atoms with Crippen molar-refractivity contribution >= 4 is 23.3 Å². The highest BCUT2D eigenvalue weighted by molar-refractivity contribution is 6.00. The molecule has 0 aliphatic carbocycles. The molecule has 2 aliphatic heterocycles. The van der Waals surface area contributed by atoms with Crippen molar-refractivity contribution < 1.29 is 28.9 Å². The van der Waals surface area contributed by atoms with Gasteiger partial charge in [0.15, 0.2) is 11.5 Å². The third-order valence-corrected chi connectivity index (χ3v) is 7.59. The lowest BCUT2D eigenvalue weighted by Gasteiger charge is -2.34. The van der Waals surface area contributed by atoms with Crippen LogP contribution in [0.4, 0.5) is 16.2 Å². The summed E-state index contributed by atoms with van der Waals surface area (Å²) in [5, 5.41) is 15.6. The molecule has 2 aliphatic rings. The van der Waals surface area contributed by atoms with E-state index in [4.69, 9.17) is 14.2 Å². The lowest BCUT2D eigenvalue weighted by Crippen LogP contribution is -2.47. The van der Waals surface area contributed by atoms with E-state index in [1.807, 2.05) is 25.1 Å². The summed E-state index contributed by atoms with van der Waals surface area (Å²) in [4.78, 5) is 30.2. The van der Waals surface area contributed by atoms with E-state index in [1.165, 1.54) is 5.56 Å². The number of nitrogens with zero attached hydrogens (tertiary/aromatic N) is 2. The van der Waals surface area contributed by atoms with Crippen molar-refractivity contribution in [3.05, 3.63) is 77.9 Å². The first-order valence-corrected chi connectivity index (χ1v) is 14.2. The standard InChI is InChI=1S/C32H38N4O6/c1-21-16-36(22(2)19-37)31(38)14-24-13-25(33-32(39)34-26-10-12-28-29(15-26)41-20-40-28)9-11-27(24)42-30(21)18-35(3)17-23-7-5-4-6-8-23/h4-13,15,21-22,30,37H,14,16-20H2,1-3H3,(H2,33,34,39)/t21-,22-,30+/m0/s1. The Morgan fingerprint density at radius 3 is 2.45 bits per heavy atom. The Morgan fingerprint density at radius 1 is 1.02 bits per heavy atom. The number of hydrogen-bond donors (Lipinski definition) is 3. The maximum atomic E-state index is 13.5. The average molecular weight is 575 g/mol. The monoisotopic (exact) mass is 574 g/mol. The van der Waals surface area contributed by atoms with Gasteiger partial charge in [-0.05, 0) is 49.9 Å². The molecule has 3 atom stereocenters. The highest BCUT2D eigenvalue weighted by Gasteiger charge is 2.31. The van der Waals surface area contributed by atoms with E-state index in [9.17, 15) is 14.7 Å². The molecule has 3 N–H and O–H groups in total. The fourth-order valence-electron chi connectivity index (χ4n) is 5.26. The van der Waals surface area contributed by atoms with Gasteiger partial charge in [-0.25, -0.2) is 4.79 Å². The summed E-state index contributed by atoms with van der Waals surface area (Å²) in [6.45, 7) is 5.80. The molecule has 3 amide bonds. The van der Waals surface area contributed by atoms with Gasteiger partial charge in [-0.2, -0.15) is 0 Å². The van der Waals surface area contributed by atoms with E-state index in [0.29, 0.717) is 47.3 Å². The Bertz CT molecular complexity index is 1400. The van der Waals surface area contributed by atoms with Crippen LogP contribution in [0, 0.1) is 5.92 Å². The van der Waals surface area contributed by atoms with Crippen LogP contribution in [0.25, 0.3) is 0 Å². The number of benzene rings is 3. The molecule has 0 saturated carbocycles. The van der Waals surface area contributed by atoms with Gasteiger partial charge in [-0.3, -0.25) is 9.69 Å². The van der Waals surface area contributed by atoms with Crippen molar-refractivity contribution in [1.82, 2.24) is 9.80 Å². The number of likely N-dealkylation sites (N-methyl/N-ethyl adjacent to an activating group) is 1. The number of anilines is 2. The summed E-state index contributed by atoms with van der Waals surface area (Å²) in [6.07, 6.45) is -0.136. The van der Waals surface area contributed by atoms with E-state index >= 15 is 0 Å². The first kappa shape index (κ1) is 29.2. The van der Waals surface area contributed by atoms with Crippen LogP contribution < -0.4 is 24.8 Å². The summed E-state index contributed by atoms with van der Waals surface area (Å²) in [5.41, 5.74) is 2.95. The van der Waals surface area contributed by atoms with Crippen molar-refractivity contribution in [1.29, 1.82) is 0 Å². The molecule has 222 valence electrons. The van der Waals surface area contributed by atoms with Crippen molar-refractivity contribution in [2.24, 2.45) is 5.92 Å². The summed E-state index contributed by atoms with van der Waals surface area (Å²) in [7, 11) is 2.06. The van der Waals surface area contributed by atoms with Crippen LogP contribution in [0.5, 0.6) is 17.2 Å². The average Bonchev–Trinajstić information content (AvgIpc) is 3.45. The van der Waals surface area contributed by atoms with E-state index in [-0.39, 0.29) is 43.8 Å². The smallest absolute Gasteiger partial charge is 0.323 e. The lowest BCUT2D eigenvalue weighted by atomic mass is 10.0. The number of aliphatic hydroxyl groups is 1. The number of hydrogen-bond acceptors (Lipinski definition) is 7. The maximum absolute atomic E-state index is 13.5. The van der Waals surface area contributed by atoms with Gasteiger partial charge in [0.1, 0.15) is 11.9 Å². The number of fused-ring (bicyclic) bond motifs is 2. The Hall–Kier alpha value is -4.28. The van der Waals surface area contributed by atoms with Gasteiger partial charge in [0.2, 0.25) is 12.7 Å². The third kappa shape index (κ3) is 7.13. The van der Waals surface area contributed by atoms with Crippen molar-refractivity contribution in [2.45, 2.75) is 39.0 Å². The molecule has 5 rings (SSSR count). The molecule has 2 heterocycles. The Balaban J connectivity index is 1.34. The first-order valence-electron chi connectivity index (χ1n) is 14.2. The number of nitrogens with one attached hydrogen (secondary N) is 2. The summed E-state index contributed by atoms with van der Waals surface area (Å²) in [6, 6.07) is 20.0. The Labute approximate surface area is 246 Å². The van der Waals surface area contributed by atoms with Crippen molar-refractivity contribution in [2.75, 3.05) is 44.2 Å². The SMILES string of the molecule is C[C@H]1CN([C@@H](C)CO)C(=O)Cc2cc(NC(=O)Nc3ccc4c(c3)OCO4)ccc2O[C@@H]1CN(C)Cc1ccccc1. The molecule has 10 heteroatoms. The van der Waals surface area contributed by atoms with Crippen LogP contribution >= 0.6 is 0 Å². The Kier molecular flexibility index (Phi) is 9.14. The zero-order valence-corrected chi connectivity index (χ0v) is 24.2. The second-order valence-electron chi connectivity index (χ2n) is 11.0. The third-order valence-electron chi connectivity index (χ3n) is 7.59. The number of amides is 3. The molecule has 0 bridgehead atoms. The molecule has 0 fully saturated rings. The molecule has 42 heavy (non-hydrogen) atoms. The van der Waals surface area contributed by atoms with Gasteiger partial charge in [0.25, 0.3) is 0 Å². The van der Waals surface area contributed by atoms with Crippen LogP contribution in [0.1, 0.15) is 25.0 Å². The molecule has 0 aromatic heterocycles. The van der Waals surface area contributed by atoms with Crippen LogP contribution in [-0.2, 0) is 17.8 Å². The summed E-state index contributed by atoms with van der Waals surface area (Å²) < 4.78 is 17.3. The fraction of sp³-hybridized carbons (Fsp3) is 0.375. The molecular formula is C32H38N4O6.